The molecule has 0 aromatic heterocycles. The average molecular weight is 418 g/mol. The quantitative estimate of drug-likeness (QED) is 0.610. The number of methoxy groups -OCH3 is 2. The van der Waals surface area contributed by atoms with Crippen LogP contribution in [0.15, 0.2) is 66.7 Å². The van der Waals surface area contributed by atoms with Crippen molar-refractivity contribution in [1.82, 2.24) is 4.90 Å². The van der Waals surface area contributed by atoms with Gasteiger partial charge in [-0.3, -0.25) is 4.79 Å². The van der Waals surface area contributed by atoms with E-state index in [0.29, 0.717) is 41.7 Å². The van der Waals surface area contributed by atoms with Crippen molar-refractivity contribution in [3.63, 3.8) is 0 Å². The molecule has 0 radical (unpaired) electrons. The van der Waals surface area contributed by atoms with Crippen LogP contribution in [0.1, 0.15) is 27.5 Å². The van der Waals surface area contributed by atoms with E-state index in [4.69, 9.17) is 19.9 Å². The van der Waals surface area contributed by atoms with Gasteiger partial charge in [-0.15, -0.1) is 0 Å². The number of fused-ring (bicyclic) bond motifs is 1. The Balaban J connectivity index is 1.69. The summed E-state index contributed by atoms with van der Waals surface area (Å²) in [6, 6.07) is 20.3. The van der Waals surface area contributed by atoms with Gasteiger partial charge >= 0.3 is 0 Å². The third kappa shape index (κ3) is 4.28. The predicted molar refractivity (Wildman–Crippen MR) is 120 cm³/mol. The van der Waals surface area contributed by atoms with E-state index in [0.717, 1.165) is 17.5 Å². The summed E-state index contributed by atoms with van der Waals surface area (Å²) < 4.78 is 17.1. The monoisotopic (exact) mass is 418 g/mol. The molecule has 0 saturated carbocycles. The Labute approximate surface area is 182 Å². The highest BCUT2D eigenvalue weighted by Crippen LogP contribution is 2.39. The van der Waals surface area contributed by atoms with Crippen LogP contribution < -0.4 is 19.9 Å². The Morgan fingerprint density at radius 2 is 1.68 bits per heavy atom. The molecule has 31 heavy (non-hydrogen) atoms. The van der Waals surface area contributed by atoms with Gasteiger partial charge in [-0.2, -0.15) is 0 Å². The van der Waals surface area contributed by atoms with Crippen LogP contribution in [0.5, 0.6) is 17.2 Å². The number of nitrogens with two attached hydrogens (primary N) is 1. The van der Waals surface area contributed by atoms with Crippen molar-refractivity contribution in [1.29, 1.82) is 0 Å². The average Bonchev–Trinajstić information content (AvgIpc) is 2.82. The van der Waals surface area contributed by atoms with E-state index in [1.165, 1.54) is 0 Å². The molecule has 0 bridgehead atoms. The van der Waals surface area contributed by atoms with E-state index in [9.17, 15) is 4.79 Å². The van der Waals surface area contributed by atoms with Crippen LogP contribution in [-0.4, -0.2) is 38.2 Å². The maximum Gasteiger partial charge on any atom is 0.254 e. The van der Waals surface area contributed by atoms with Crippen molar-refractivity contribution >= 4 is 11.6 Å². The van der Waals surface area contributed by atoms with Gasteiger partial charge in [0.15, 0.2) is 11.5 Å². The van der Waals surface area contributed by atoms with Crippen LogP contribution in [0.4, 0.5) is 5.69 Å². The summed E-state index contributed by atoms with van der Waals surface area (Å²) in [6.07, 6.45) is 0.729. The second-order valence-corrected chi connectivity index (χ2v) is 7.42. The molecule has 2 N–H and O–H groups in total. The van der Waals surface area contributed by atoms with E-state index < -0.39 is 0 Å². The maximum absolute atomic E-state index is 13.4. The largest absolute Gasteiger partial charge is 0.493 e. The normalized spacial score (nSPS) is 15.2. The summed E-state index contributed by atoms with van der Waals surface area (Å²) >= 11 is 0. The minimum atomic E-state index is -0.270. The van der Waals surface area contributed by atoms with Crippen LogP contribution >= 0.6 is 0 Å². The smallest absolute Gasteiger partial charge is 0.254 e. The molecule has 1 atom stereocenters. The Hall–Kier alpha value is -3.67. The second-order valence-electron chi connectivity index (χ2n) is 7.42. The first-order chi connectivity index (χ1) is 15.1. The molecule has 1 aliphatic heterocycles. The van der Waals surface area contributed by atoms with Gasteiger partial charge in [-0.1, -0.05) is 18.2 Å². The lowest BCUT2D eigenvalue weighted by molar-refractivity contribution is 0.0589. The molecular weight excluding hydrogens is 392 g/mol. The summed E-state index contributed by atoms with van der Waals surface area (Å²) in [6.45, 7) is 0.900. The Bertz CT molecular complexity index is 1050. The number of hydrogen-bond acceptors (Lipinski definition) is 5. The van der Waals surface area contributed by atoms with E-state index in [1.54, 1.807) is 26.4 Å². The zero-order valence-electron chi connectivity index (χ0n) is 17.7. The highest BCUT2D eigenvalue weighted by molar-refractivity contribution is 5.94. The van der Waals surface area contributed by atoms with E-state index in [2.05, 4.69) is 0 Å². The molecule has 1 amide bonds. The summed E-state index contributed by atoms with van der Waals surface area (Å²) in [5, 5.41) is 0. The number of nitrogen functional groups attached to an aromatic ring is 1. The Morgan fingerprint density at radius 3 is 2.35 bits per heavy atom. The fourth-order valence-corrected chi connectivity index (χ4v) is 3.94. The van der Waals surface area contributed by atoms with Gasteiger partial charge in [0.05, 0.1) is 20.3 Å². The standard InChI is InChI=1S/C25H26N2O4/c1-29-23-14-18-12-13-27(25(28)17-6-4-3-5-7-17)22(21(18)15-24(23)30-2)16-31-20-10-8-19(26)9-11-20/h3-11,14-15,22H,12-13,16,26H2,1-2H3. The molecule has 160 valence electrons. The molecule has 6 heteroatoms. The molecule has 3 aromatic rings. The molecule has 0 saturated heterocycles. The lowest BCUT2D eigenvalue weighted by Crippen LogP contribution is -2.42. The highest BCUT2D eigenvalue weighted by Gasteiger charge is 2.33. The van der Waals surface area contributed by atoms with Crippen LogP contribution in [0.25, 0.3) is 0 Å². The molecule has 1 aliphatic rings. The van der Waals surface area contributed by atoms with Gasteiger partial charge < -0.3 is 24.8 Å². The zero-order valence-corrected chi connectivity index (χ0v) is 17.7. The third-order valence-corrected chi connectivity index (χ3v) is 5.57. The van der Waals surface area contributed by atoms with Gasteiger partial charge in [0, 0.05) is 17.8 Å². The molecule has 1 heterocycles. The van der Waals surface area contributed by atoms with Gasteiger partial charge in [-0.25, -0.2) is 0 Å². The number of carbonyl (C=O) groups excluding carboxylic acids is 1. The van der Waals surface area contributed by atoms with E-state index >= 15 is 0 Å². The molecular formula is C25H26N2O4. The first-order valence-electron chi connectivity index (χ1n) is 10.2. The number of hydrogen-bond donors (Lipinski definition) is 1. The maximum atomic E-state index is 13.4. The van der Waals surface area contributed by atoms with E-state index in [1.807, 2.05) is 59.5 Å². The third-order valence-electron chi connectivity index (χ3n) is 5.57. The summed E-state index contributed by atoms with van der Waals surface area (Å²) in [5.41, 5.74) is 9.24. The molecule has 0 aliphatic carbocycles. The van der Waals surface area contributed by atoms with Gasteiger partial charge in [0.1, 0.15) is 12.4 Å². The number of ether oxygens (including phenoxy) is 3. The first-order valence-corrected chi connectivity index (χ1v) is 10.2. The second kappa shape index (κ2) is 9.00. The fourth-order valence-electron chi connectivity index (χ4n) is 3.94. The summed E-state index contributed by atoms with van der Waals surface area (Å²) in [4.78, 5) is 15.2. The van der Waals surface area contributed by atoms with Crippen LogP contribution in [-0.2, 0) is 6.42 Å². The molecule has 1 unspecified atom stereocenters. The number of rotatable bonds is 6. The molecule has 6 nitrogen and oxygen atoms in total. The van der Waals surface area contributed by atoms with Gasteiger partial charge in [0.25, 0.3) is 5.91 Å². The SMILES string of the molecule is COc1cc2c(cc1OC)C(COc1ccc(N)cc1)N(C(=O)c1ccccc1)CC2. The number of benzene rings is 3. The number of nitrogens with zero attached hydrogens (tertiary/aromatic N) is 1. The first kappa shape index (κ1) is 20.6. The number of carbonyl (C=O) groups is 1. The predicted octanol–water partition coefficient (Wildman–Crippen LogP) is 4.10. The lowest BCUT2D eigenvalue weighted by atomic mass is 9.91. The number of amides is 1. The van der Waals surface area contributed by atoms with Crippen LogP contribution in [0, 0.1) is 0 Å². The lowest BCUT2D eigenvalue weighted by Gasteiger charge is -2.37. The fraction of sp³-hybridized carbons (Fsp3) is 0.240. The van der Waals surface area contributed by atoms with Gasteiger partial charge in [-0.05, 0) is 66.1 Å². The topological polar surface area (TPSA) is 74.0 Å². The Morgan fingerprint density at radius 1 is 1.00 bits per heavy atom. The van der Waals surface area contributed by atoms with E-state index in [-0.39, 0.29) is 11.9 Å². The minimum absolute atomic E-state index is 0.0214. The van der Waals surface area contributed by atoms with Crippen molar-refractivity contribution in [2.45, 2.75) is 12.5 Å². The van der Waals surface area contributed by atoms with Crippen LogP contribution in [0.2, 0.25) is 0 Å². The Kier molecular flexibility index (Phi) is 5.98. The van der Waals surface area contributed by atoms with Crippen molar-refractivity contribution in [2.24, 2.45) is 0 Å². The van der Waals surface area contributed by atoms with Crippen molar-refractivity contribution in [3.8, 4) is 17.2 Å². The molecule has 0 spiro atoms. The van der Waals surface area contributed by atoms with Gasteiger partial charge in [0.2, 0.25) is 0 Å². The molecule has 0 fully saturated rings. The van der Waals surface area contributed by atoms with Crippen molar-refractivity contribution < 1.29 is 19.0 Å². The summed E-state index contributed by atoms with van der Waals surface area (Å²) in [5.74, 6) is 2.00. The van der Waals surface area contributed by atoms with Crippen LogP contribution in [0.3, 0.4) is 0 Å². The highest BCUT2D eigenvalue weighted by atomic mass is 16.5. The number of anilines is 1. The van der Waals surface area contributed by atoms with Crippen molar-refractivity contribution in [3.05, 3.63) is 83.4 Å². The minimum Gasteiger partial charge on any atom is -0.493 e. The van der Waals surface area contributed by atoms with Crippen molar-refractivity contribution in [2.75, 3.05) is 33.1 Å². The summed E-state index contributed by atoms with van der Waals surface area (Å²) in [7, 11) is 3.24. The zero-order chi connectivity index (χ0) is 21.8. The molecule has 3 aromatic carbocycles. The molecule has 4 rings (SSSR count).